The molecular formula is C18H31N. The Morgan fingerprint density at radius 3 is 2.00 bits per heavy atom. The fourth-order valence-electron chi connectivity index (χ4n) is 6.50. The summed E-state index contributed by atoms with van der Waals surface area (Å²) in [6.07, 6.45) is 17.0. The van der Waals surface area contributed by atoms with Gasteiger partial charge in [0.05, 0.1) is 0 Å². The third-order valence-corrected chi connectivity index (χ3v) is 7.10. The fraction of sp³-hybridized carbons (Fsp3) is 1.00. The zero-order valence-electron chi connectivity index (χ0n) is 12.7. The Bertz CT molecular complexity index is 295. The molecule has 0 amide bonds. The Labute approximate surface area is 118 Å². The first-order valence-corrected chi connectivity index (χ1v) is 8.92. The highest BCUT2D eigenvalue weighted by atomic mass is 14.9. The van der Waals surface area contributed by atoms with Crippen LogP contribution in [0.2, 0.25) is 0 Å². The van der Waals surface area contributed by atoms with Gasteiger partial charge in [-0.3, -0.25) is 0 Å². The quantitative estimate of drug-likeness (QED) is 0.775. The van der Waals surface area contributed by atoms with E-state index in [-0.39, 0.29) is 0 Å². The van der Waals surface area contributed by atoms with E-state index in [4.69, 9.17) is 0 Å². The zero-order valence-corrected chi connectivity index (χ0v) is 12.7. The highest BCUT2D eigenvalue weighted by molar-refractivity contribution is 5.02. The molecule has 19 heavy (non-hydrogen) atoms. The molecule has 0 aromatic carbocycles. The van der Waals surface area contributed by atoms with E-state index in [1.807, 2.05) is 0 Å². The second kappa shape index (κ2) is 4.76. The maximum Gasteiger partial charge on any atom is 0.00719 e. The summed E-state index contributed by atoms with van der Waals surface area (Å²) in [6.45, 7) is 0. The molecule has 0 radical (unpaired) electrons. The molecule has 5 aliphatic rings. The van der Waals surface area contributed by atoms with E-state index in [1.54, 1.807) is 38.5 Å². The van der Waals surface area contributed by atoms with E-state index >= 15 is 0 Å². The second-order valence-electron chi connectivity index (χ2n) is 8.64. The largest absolute Gasteiger partial charge is 0.317 e. The average Bonchev–Trinajstić information content (AvgIpc) is 2.30. The number of hydrogen-bond acceptors (Lipinski definition) is 1. The lowest BCUT2D eigenvalue weighted by Gasteiger charge is -2.58. The zero-order chi connectivity index (χ0) is 12.9. The first-order chi connectivity index (χ1) is 9.25. The van der Waals surface area contributed by atoms with Gasteiger partial charge in [0, 0.05) is 6.04 Å². The summed E-state index contributed by atoms with van der Waals surface area (Å²) < 4.78 is 0. The molecule has 0 aromatic heterocycles. The molecule has 1 unspecified atom stereocenters. The molecule has 0 heterocycles. The minimum absolute atomic E-state index is 0.770. The molecule has 0 aliphatic heterocycles. The van der Waals surface area contributed by atoms with Crippen molar-refractivity contribution in [3.8, 4) is 0 Å². The summed E-state index contributed by atoms with van der Waals surface area (Å²) in [4.78, 5) is 0. The van der Waals surface area contributed by atoms with Crippen molar-refractivity contribution in [2.24, 2.45) is 29.1 Å². The van der Waals surface area contributed by atoms with Gasteiger partial charge >= 0.3 is 0 Å². The predicted octanol–water partition coefficient (Wildman–Crippen LogP) is 4.37. The topological polar surface area (TPSA) is 12.0 Å². The molecule has 1 atom stereocenters. The van der Waals surface area contributed by atoms with Gasteiger partial charge in [0.2, 0.25) is 0 Å². The van der Waals surface area contributed by atoms with Crippen molar-refractivity contribution in [2.45, 2.75) is 76.7 Å². The van der Waals surface area contributed by atoms with Gasteiger partial charge in [-0.2, -0.15) is 0 Å². The van der Waals surface area contributed by atoms with Crippen LogP contribution in [0.15, 0.2) is 0 Å². The molecule has 5 aliphatic carbocycles. The summed E-state index contributed by atoms with van der Waals surface area (Å²) in [5, 5.41) is 3.68. The van der Waals surface area contributed by atoms with Crippen LogP contribution in [0.3, 0.4) is 0 Å². The SMILES string of the molecule is CNC(CC1CCC1)CC12CC3CC(CC(C3)C1)C2. The summed E-state index contributed by atoms with van der Waals surface area (Å²) >= 11 is 0. The van der Waals surface area contributed by atoms with Gasteiger partial charge in [-0.25, -0.2) is 0 Å². The average molecular weight is 261 g/mol. The van der Waals surface area contributed by atoms with Crippen molar-refractivity contribution in [3.05, 3.63) is 0 Å². The van der Waals surface area contributed by atoms with Crippen LogP contribution in [-0.2, 0) is 0 Å². The van der Waals surface area contributed by atoms with Crippen LogP contribution >= 0.6 is 0 Å². The molecule has 5 rings (SSSR count). The maximum atomic E-state index is 3.68. The van der Waals surface area contributed by atoms with Crippen LogP contribution in [-0.4, -0.2) is 13.1 Å². The minimum atomic E-state index is 0.770. The second-order valence-corrected chi connectivity index (χ2v) is 8.64. The Morgan fingerprint density at radius 1 is 1.00 bits per heavy atom. The minimum Gasteiger partial charge on any atom is -0.317 e. The van der Waals surface area contributed by atoms with Gasteiger partial charge in [0.1, 0.15) is 0 Å². The summed E-state index contributed by atoms with van der Waals surface area (Å²) in [6, 6.07) is 0.821. The van der Waals surface area contributed by atoms with Crippen molar-refractivity contribution < 1.29 is 0 Å². The highest BCUT2D eigenvalue weighted by Gasteiger charge is 2.51. The van der Waals surface area contributed by atoms with Crippen molar-refractivity contribution in [2.75, 3.05) is 7.05 Å². The van der Waals surface area contributed by atoms with Crippen molar-refractivity contribution in [1.82, 2.24) is 5.32 Å². The van der Waals surface area contributed by atoms with E-state index in [0.29, 0.717) is 0 Å². The van der Waals surface area contributed by atoms with Gasteiger partial charge in [0.25, 0.3) is 0 Å². The Hall–Kier alpha value is -0.0400. The van der Waals surface area contributed by atoms with Crippen LogP contribution in [0.5, 0.6) is 0 Å². The summed E-state index contributed by atoms with van der Waals surface area (Å²) in [5.41, 5.74) is 0.770. The maximum absolute atomic E-state index is 3.68. The van der Waals surface area contributed by atoms with Crippen LogP contribution < -0.4 is 5.32 Å². The predicted molar refractivity (Wildman–Crippen MR) is 80.0 cm³/mol. The third-order valence-electron chi connectivity index (χ3n) is 7.10. The van der Waals surface area contributed by atoms with Crippen LogP contribution in [0, 0.1) is 29.1 Å². The first kappa shape index (κ1) is 12.7. The molecule has 5 fully saturated rings. The molecule has 1 nitrogen and oxygen atoms in total. The Balaban J connectivity index is 1.42. The van der Waals surface area contributed by atoms with E-state index in [0.717, 1.165) is 35.1 Å². The molecule has 0 aromatic rings. The van der Waals surface area contributed by atoms with Crippen molar-refractivity contribution >= 4 is 0 Å². The van der Waals surface area contributed by atoms with Crippen LogP contribution in [0.25, 0.3) is 0 Å². The molecule has 5 saturated carbocycles. The lowest BCUT2D eigenvalue weighted by molar-refractivity contribution is -0.0631. The molecular weight excluding hydrogens is 230 g/mol. The lowest BCUT2D eigenvalue weighted by Crippen LogP contribution is -2.49. The number of nitrogens with one attached hydrogen (secondary N) is 1. The van der Waals surface area contributed by atoms with Gasteiger partial charge in [-0.15, -0.1) is 0 Å². The number of hydrogen-bond donors (Lipinski definition) is 1. The van der Waals surface area contributed by atoms with E-state index in [2.05, 4.69) is 12.4 Å². The highest BCUT2D eigenvalue weighted by Crippen LogP contribution is 2.61. The van der Waals surface area contributed by atoms with Gasteiger partial charge in [0.15, 0.2) is 0 Å². The third kappa shape index (κ3) is 2.37. The molecule has 1 N–H and O–H groups in total. The standard InChI is InChI=1S/C18H31N/c1-19-17(8-13-3-2-4-13)12-18-9-14-5-15(10-18)7-16(6-14)11-18/h13-17,19H,2-12H2,1H3. The number of rotatable bonds is 5. The van der Waals surface area contributed by atoms with Gasteiger partial charge in [-0.05, 0) is 87.5 Å². The van der Waals surface area contributed by atoms with E-state index in [9.17, 15) is 0 Å². The first-order valence-electron chi connectivity index (χ1n) is 8.92. The summed E-state index contributed by atoms with van der Waals surface area (Å²) in [5.74, 6) is 4.42. The molecule has 0 spiro atoms. The normalized spacial score (nSPS) is 46.3. The van der Waals surface area contributed by atoms with E-state index < -0.39 is 0 Å². The Kier molecular flexibility index (Phi) is 3.17. The van der Waals surface area contributed by atoms with Crippen LogP contribution in [0.4, 0.5) is 0 Å². The molecule has 4 bridgehead atoms. The monoisotopic (exact) mass is 261 g/mol. The molecule has 108 valence electrons. The smallest absolute Gasteiger partial charge is 0.00719 e. The fourth-order valence-corrected chi connectivity index (χ4v) is 6.50. The lowest BCUT2D eigenvalue weighted by atomic mass is 9.48. The van der Waals surface area contributed by atoms with Gasteiger partial charge in [-0.1, -0.05) is 19.3 Å². The summed E-state index contributed by atoms with van der Waals surface area (Å²) in [7, 11) is 2.21. The molecule has 0 saturated heterocycles. The van der Waals surface area contributed by atoms with E-state index in [1.165, 1.54) is 32.1 Å². The molecule has 1 heteroatoms. The van der Waals surface area contributed by atoms with Crippen molar-refractivity contribution in [3.63, 3.8) is 0 Å². The Morgan fingerprint density at radius 2 is 1.58 bits per heavy atom. The van der Waals surface area contributed by atoms with Gasteiger partial charge < -0.3 is 5.32 Å². The van der Waals surface area contributed by atoms with Crippen LogP contribution in [0.1, 0.15) is 70.6 Å². The van der Waals surface area contributed by atoms with Crippen molar-refractivity contribution in [1.29, 1.82) is 0 Å².